The minimum atomic E-state index is -1.04. The number of carboxylic acid groups (broad SMARTS) is 1. The summed E-state index contributed by atoms with van der Waals surface area (Å²) in [5, 5.41) is 9.17. The molecule has 1 aliphatic heterocycles. The quantitative estimate of drug-likeness (QED) is 0.863. The van der Waals surface area contributed by atoms with Crippen molar-refractivity contribution in [3.8, 4) is 0 Å². The second-order valence-electron chi connectivity index (χ2n) is 4.55. The molecule has 1 aromatic heterocycles. The molecule has 7 nitrogen and oxygen atoms in total. The van der Waals surface area contributed by atoms with Crippen LogP contribution < -0.4 is 0 Å². The van der Waals surface area contributed by atoms with Gasteiger partial charge >= 0.3 is 5.97 Å². The molecule has 7 heteroatoms. The van der Waals surface area contributed by atoms with Gasteiger partial charge in [0, 0.05) is 27.0 Å². The predicted octanol–water partition coefficient (Wildman–Crippen LogP) is 0.606. The Balaban J connectivity index is 2.26. The van der Waals surface area contributed by atoms with Gasteiger partial charge in [0.25, 0.3) is 5.91 Å². The molecule has 0 radical (unpaired) electrons. The van der Waals surface area contributed by atoms with Crippen molar-refractivity contribution >= 4 is 11.9 Å². The molecule has 19 heavy (non-hydrogen) atoms. The lowest BCUT2D eigenvalue weighted by molar-refractivity contribution is -0.141. The van der Waals surface area contributed by atoms with Crippen LogP contribution in [-0.4, -0.2) is 52.7 Å². The van der Waals surface area contributed by atoms with Gasteiger partial charge in [-0.15, -0.1) is 0 Å². The number of amides is 1. The van der Waals surface area contributed by atoms with E-state index in [2.05, 4.69) is 4.98 Å². The highest BCUT2D eigenvalue weighted by Gasteiger charge is 2.41. The number of aryl methyl sites for hydroxylation is 2. The monoisotopic (exact) mass is 268 g/mol. The number of aromatic nitrogens is 1. The largest absolute Gasteiger partial charge is 0.480 e. The molecule has 1 aliphatic rings. The first-order valence-electron chi connectivity index (χ1n) is 5.94. The molecule has 2 atom stereocenters. The third-order valence-corrected chi connectivity index (χ3v) is 3.24. The number of carbonyl (C=O) groups excluding carboxylic acids is 1. The van der Waals surface area contributed by atoms with Crippen molar-refractivity contribution in [1.29, 1.82) is 0 Å². The number of methoxy groups -OCH3 is 1. The number of hydrogen-bond donors (Lipinski definition) is 1. The van der Waals surface area contributed by atoms with Gasteiger partial charge in [0.1, 0.15) is 6.04 Å². The summed E-state index contributed by atoms with van der Waals surface area (Å²) in [6, 6.07) is -0.887. The van der Waals surface area contributed by atoms with Gasteiger partial charge in [-0.3, -0.25) is 4.79 Å². The summed E-state index contributed by atoms with van der Waals surface area (Å²) in [5.41, 5.74) is 0.465. The van der Waals surface area contributed by atoms with Gasteiger partial charge in [0.2, 0.25) is 5.76 Å². The number of nitrogens with zero attached hydrogens (tertiary/aromatic N) is 2. The molecule has 0 aromatic carbocycles. The first-order chi connectivity index (χ1) is 8.93. The van der Waals surface area contributed by atoms with Crippen molar-refractivity contribution < 1.29 is 23.8 Å². The van der Waals surface area contributed by atoms with Crippen LogP contribution in [0.3, 0.4) is 0 Å². The van der Waals surface area contributed by atoms with Gasteiger partial charge in [0.05, 0.1) is 11.8 Å². The van der Waals surface area contributed by atoms with Gasteiger partial charge in [-0.25, -0.2) is 9.78 Å². The van der Waals surface area contributed by atoms with E-state index in [-0.39, 0.29) is 24.8 Å². The van der Waals surface area contributed by atoms with E-state index in [4.69, 9.17) is 9.15 Å². The summed E-state index contributed by atoms with van der Waals surface area (Å²) in [6.45, 7) is 3.54. The summed E-state index contributed by atoms with van der Waals surface area (Å²) in [4.78, 5) is 28.8. The van der Waals surface area contributed by atoms with E-state index in [0.29, 0.717) is 11.6 Å². The average Bonchev–Trinajstić information content (AvgIpc) is 2.91. The van der Waals surface area contributed by atoms with Crippen LogP contribution in [0.5, 0.6) is 0 Å². The third kappa shape index (κ3) is 2.46. The first-order valence-corrected chi connectivity index (χ1v) is 5.94. The van der Waals surface area contributed by atoms with Crippen LogP contribution in [0.15, 0.2) is 4.42 Å². The Hall–Kier alpha value is -1.89. The van der Waals surface area contributed by atoms with Crippen molar-refractivity contribution in [3.05, 3.63) is 17.3 Å². The molecule has 0 bridgehead atoms. The molecule has 2 unspecified atom stereocenters. The number of ether oxygens (including phenoxy) is 1. The van der Waals surface area contributed by atoms with E-state index >= 15 is 0 Å². The number of aliphatic carboxylic acids is 1. The second kappa shape index (κ2) is 5.00. The minimum Gasteiger partial charge on any atom is -0.480 e. The maximum atomic E-state index is 12.3. The Labute approximate surface area is 110 Å². The molecule has 1 N–H and O–H groups in total. The number of likely N-dealkylation sites (tertiary alicyclic amines) is 1. The maximum absolute atomic E-state index is 12.3. The van der Waals surface area contributed by atoms with E-state index in [1.165, 1.54) is 12.0 Å². The lowest BCUT2D eigenvalue weighted by Crippen LogP contribution is -2.40. The lowest BCUT2D eigenvalue weighted by atomic mass is 10.2. The molecule has 1 saturated heterocycles. The summed E-state index contributed by atoms with van der Waals surface area (Å²) in [6.07, 6.45) is 0.0124. The Morgan fingerprint density at radius 3 is 2.63 bits per heavy atom. The number of carboxylic acids is 1. The van der Waals surface area contributed by atoms with Crippen LogP contribution in [0.1, 0.15) is 28.6 Å². The molecular formula is C12H16N2O5. The molecule has 1 fully saturated rings. The van der Waals surface area contributed by atoms with Crippen LogP contribution in [0.25, 0.3) is 0 Å². The first kappa shape index (κ1) is 13.5. The van der Waals surface area contributed by atoms with E-state index in [9.17, 15) is 14.7 Å². The van der Waals surface area contributed by atoms with Crippen LogP contribution in [0.4, 0.5) is 0 Å². The molecule has 1 aromatic rings. The van der Waals surface area contributed by atoms with Crippen molar-refractivity contribution in [2.45, 2.75) is 32.4 Å². The summed E-state index contributed by atoms with van der Waals surface area (Å²) >= 11 is 0. The van der Waals surface area contributed by atoms with Crippen molar-refractivity contribution in [2.24, 2.45) is 0 Å². The average molecular weight is 268 g/mol. The number of carbonyl (C=O) groups is 2. The standard InChI is InChI=1S/C12H16N2O5/c1-6-10(19-7(2)13-6)11(15)14-5-8(18-3)4-9(14)12(16)17/h8-9H,4-5H2,1-3H3,(H,16,17). The fourth-order valence-electron chi connectivity index (χ4n) is 2.29. The fourth-order valence-corrected chi connectivity index (χ4v) is 2.29. The molecule has 0 aliphatic carbocycles. The van der Waals surface area contributed by atoms with Gasteiger partial charge in [-0.2, -0.15) is 0 Å². The smallest absolute Gasteiger partial charge is 0.326 e. The van der Waals surface area contributed by atoms with Crippen LogP contribution in [-0.2, 0) is 9.53 Å². The zero-order valence-electron chi connectivity index (χ0n) is 11.0. The molecule has 0 spiro atoms. The summed E-state index contributed by atoms with van der Waals surface area (Å²) in [7, 11) is 1.50. The maximum Gasteiger partial charge on any atom is 0.326 e. The Morgan fingerprint density at radius 1 is 1.47 bits per heavy atom. The lowest BCUT2D eigenvalue weighted by Gasteiger charge is -2.19. The van der Waals surface area contributed by atoms with Gasteiger partial charge in [0.15, 0.2) is 5.89 Å². The summed E-state index contributed by atoms with van der Waals surface area (Å²) < 4.78 is 10.4. The highest BCUT2D eigenvalue weighted by Crippen LogP contribution is 2.24. The van der Waals surface area contributed by atoms with Crippen LogP contribution in [0.2, 0.25) is 0 Å². The molecular weight excluding hydrogens is 252 g/mol. The van der Waals surface area contributed by atoms with Crippen molar-refractivity contribution in [1.82, 2.24) is 9.88 Å². The van der Waals surface area contributed by atoms with Gasteiger partial charge in [-0.1, -0.05) is 0 Å². The Bertz CT molecular complexity index is 510. The SMILES string of the molecule is COC1CC(C(=O)O)N(C(=O)c2oc(C)nc2C)C1. The highest BCUT2D eigenvalue weighted by atomic mass is 16.5. The summed E-state index contributed by atoms with van der Waals surface area (Å²) in [5.74, 6) is -1.01. The molecule has 0 saturated carbocycles. The van der Waals surface area contributed by atoms with Crippen molar-refractivity contribution in [3.63, 3.8) is 0 Å². The van der Waals surface area contributed by atoms with Crippen molar-refractivity contribution in [2.75, 3.05) is 13.7 Å². The normalized spacial score (nSPS) is 22.8. The second-order valence-corrected chi connectivity index (χ2v) is 4.55. The predicted molar refractivity (Wildman–Crippen MR) is 63.9 cm³/mol. The van der Waals surface area contributed by atoms with E-state index in [1.54, 1.807) is 13.8 Å². The number of oxazole rings is 1. The Morgan fingerprint density at radius 2 is 2.16 bits per heavy atom. The molecule has 1 amide bonds. The van der Waals surface area contributed by atoms with Crippen LogP contribution >= 0.6 is 0 Å². The Kier molecular flexibility index (Phi) is 3.57. The van der Waals surface area contributed by atoms with Gasteiger partial charge in [-0.05, 0) is 6.92 Å². The van der Waals surface area contributed by atoms with Crippen LogP contribution in [0, 0.1) is 13.8 Å². The van der Waals surface area contributed by atoms with Gasteiger partial charge < -0.3 is 19.2 Å². The highest BCUT2D eigenvalue weighted by molar-refractivity contribution is 5.95. The zero-order valence-corrected chi connectivity index (χ0v) is 11.0. The minimum absolute atomic E-state index is 0.0977. The zero-order chi connectivity index (χ0) is 14.2. The molecule has 2 rings (SSSR count). The molecule has 2 heterocycles. The van der Waals surface area contributed by atoms with E-state index in [1.807, 2.05) is 0 Å². The number of hydrogen-bond acceptors (Lipinski definition) is 5. The van der Waals surface area contributed by atoms with E-state index in [0.717, 1.165) is 0 Å². The van der Waals surface area contributed by atoms with E-state index < -0.39 is 17.9 Å². The molecule has 104 valence electrons. The number of rotatable bonds is 3. The topological polar surface area (TPSA) is 92.9 Å². The fraction of sp³-hybridized carbons (Fsp3) is 0.583. The third-order valence-electron chi connectivity index (χ3n) is 3.24.